The van der Waals surface area contributed by atoms with Crippen molar-refractivity contribution in [3.8, 4) is 0 Å². The number of ether oxygens (including phenoxy) is 2. The largest absolute Gasteiger partial charge is 0.461 e. The molecule has 4 rings (SSSR count). The molecule has 3 heterocycles. The van der Waals surface area contributed by atoms with E-state index in [1.54, 1.807) is 19.9 Å². The Morgan fingerprint density at radius 2 is 1.69 bits per heavy atom. The summed E-state index contributed by atoms with van der Waals surface area (Å²) in [5.41, 5.74) is 0. The zero-order chi connectivity index (χ0) is 35.0. The maximum atomic E-state index is 13.9. The van der Waals surface area contributed by atoms with Crippen LogP contribution < -0.4 is 0 Å². The maximum absolute atomic E-state index is 13.9. The van der Waals surface area contributed by atoms with Crippen molar-refractivity contribution in [1.82, 2.24) is 4.90 Å². The number of fused-ring (bicyclic) bond motifs is 3. The van der Waals surface area contributed by atoms with Gasteiger partial charge in [-0.3, -0.25) is 14.4 Å². The number of carbonyl (C=O) groups excluding carboxylic acids is 4. The number of cyclic esters (lactones) is 1. The van der Waals surface area contributed by atoms with E-state index < -0.39 is 65.7 Å². The fraction of sp³-hybridized carbons (Fsp3) is 0.784. The molecular weight excluding hydrogens is 618 g/mol. The number of nitrogens with zero attached hydrogens (tertiary/aromatic N) is 1. The predicted octanol–water partition coefficient (Wildman–Crippen LogP) is 3.40. The van der Waals surface area contributed by atoms with Gasteiger partial charge in [0.25, 0.3) is 11.7 Å². The van der Waals surface area contributed by atoms with Crippen molar-refractivity contribution in [3.63, 3.8) is 0 Å². The van der Waals surface area contributed by atoms with E-state index in [0.717, 1.165) is 6.42 Å². The number of ketones is 2. The molecular formula is C37H57NO10. The lowest BCUT2D eigenvalue weighted by atomic mass is 9.78. The number of allylic oxidation sites excluding steroid dienone is 3. The highest BCUT2D eigenvalue weighted by molar-refractivity contribution is 6.39. The maximum Gasteiger partial charge on any atom is 0.329 e. The Bertz CT molecular complexity index is 1190. The quantitative estimate of drug-likeness (QED) is 0.197. The summed E-state index contributed by atoms with van der Waals surface area (Å²) >= 11 is 0. The van der Waals surface area contributed by atoms with Crippen LogP contribution in [0.1, 0.15) is 104 Å². The molecule has 2 saturated heterocycles. The van der Waals surface area contributed by atoms with Gasteiger partial charge in [0, 0.05) is 30.9 Å². The third kappa shape index (κ3) is 9.41. The first-order chi connectivity index (χ1) is 22.8. The molecule has 0 unspecified atom stereocenters. The summed E-state index contributed by atoms with van der Waals surface area (Å²) in [7, 11) is 0. The highest BCUT2D eigenvalue weighted by Crippen LogP contribution is 2.37. The van der Waals surface area contributed by atoms with Crippen LogP contribution in [0.25, 0.3) is 0 Å². The molecule has 0 aromatic rings. The Labute approximate surface area is 284 Å². The van der Waals surface area contributed by atoms with Crippen molar-refractivity contribution >= 4 is 23.4 Å². The second-order valence-electron chi connectivity index (χ2n) is 14.8. The van der Waals surface area contributed by atoms with Gasteiger partial charge in [-0.05, 0) is 101 Å². The number of Topliss-reactive ketones (excluding diaryl/α,β-unsaturated/α-hetero) is 1. The minimum atomic E-state index is -2.43. The van der Waals surface area contributed by atoms with Crippen molar-refractivity contribution in [1.29, 1.82) is 0 Å². The zero-order valence-electron chi connectivity index (χ0n) is 28.9. The molecule has 4 N–H and O–H groups in total. The van der Waals surface area contributed by atoms with Crippen LogP contribution in [0.15, 0.2) is 24.3 Å². The summed E-state index contributed by atoms with van der Waals surface area (Å²) < 4.78 is 12.1. The molecule has 3 fully saturated rings. The van der Waals surface area contributed by atoms with E-state index >= 15 is 0 Å². The van der Waals surface area contributed by atoms with Crippen LogP contribution in [0.2, 0.25) is 0 Å². The number of piperidine rings is 1. The second kappa shape index (κ2) is 17.5. The molecule has 1 amide bonds. The molecule has 1 aliphatic carbocycles. The highest BCUT2D eigenvalue weighted by Gasteiger charge is 2.53. The lowest BCUT2D eigenvalue weighted by Gasteiger charge is -2.43. The van der Waals surface area contributed by atoms with Gasteiger partial charge in [0.05, 0.1) is 18.3 Å². The van der Waals surface area contributed by atoms with Crippen LogP contribution in [0, 0.1) is 29.6 Å². The summed E-state index contributed by atoms with van der Waals surface area (Å²) in [6, 6.07) is -1.01. The summed E-state index contributed by atoms with van der Waals surface area (Å²) in [6.07, 6.45) is 11.4. The Hall–Kier alpha value is -2.44. The Morgan fingerprint density at radius 3 is 2.42 bits per heavy atom. The monoisotopic (exact) mass is 675 g/mol. The molecule has 48 heavy (non-hydrogen) atoms. The van der Waals surface area contributed by atoms with Crippen LogP contribution in [-0.2, 0) is 28.7 Å². The second-order valence-corrected chi connectivity index (χ2v) is 14.8. The normalized spacial score (nSPS) is 40.2. The fourth-order valence-corrected chi connectivity index (χ4v) is 7.79. The van der Waals surface area contributed by atoms with Gasteiger partial charge >= 0.3 is 5.97 Å². The molecule has 11 atom stereocenters. The van der Waals surface area contributed by atoms with E-state index in [-0.39, 0.29) is 36.7 Å². The molecule has 11 heteroatoms. The number of carbonyl (C=O) groups is 4. The third-order valence-electron chi connectivity index (χ3n) is 11.2. The minimum absolute atomic E-state index is 0.0835. The van der Waals surface area contributed by atoms with Gasteiger partial charge in [0.1, 0.15) is 12.1 Å². The van der Waals surface area contributed by atoms with Crippen molar-refractivity contribution in [2.75, 3.05) is 13.2 Å². The van der Waals surface area contributed by atoms with Crippen molar-refractivity contribution in [2.24, 2.45) is 29.6 Å². The lowest BCUT2D eigenvalue weighted by molar-refractivity contribution is -0.268. The van der Waals surface area contributed by atoms with Crippen LogP contribution in [0.3, 0.4) is 0 Å². The van der Waals surface area contributed by atoms with Gasteiger partial charge in [-0.15, -0.1) is 0 Å². The molecule has 270 valence electrons. The van der Waals surface area contributed by atoms with Crippen molar-refractivity contribution < 1.29 is 49.1 Å². The van der Waals surface area contributed by atoms with Gasteiger partial charge in [0.2, 0.25) is 5.79 Å². The van der Waals surface area contributed by atoms with Crippen molar-refractivity contribution in [2.45, 2.75) is 140 Å². The Balaban J connectivity index is 1.61. The van der Waals surface area contributed by atoms with Gasteiger partial charge in [-0.2, -0.15) is 0 Å². The standard InChI is InChI=1S/C37H57NO10/c1-23(20-27-14-16-30(41)31(42)21-27)32-18-15-26(22-39)10-6-4-5-7-12-29(40)25(3)33-17-13-24(2)37(46,48-33)34(43)35(44)38-19-9-8-11-28(38)36(45)47-32/h6-7,10,12,23-28,30-33,39,41-42,46H,4-5,8-9,11,13-22H2,1-3H3/b10-6+,12-7+/t23-,24-,25+,26-,27+,28+,30-,31-,32+,33+,37-/m1/s1. The number of esters is 1. The summed E-state index contributed by atoms with van der Waals surface area (Å²) in [4.78, 5) is 55.7. The number of hydrogen-bond donors (Lipinski definition) is 4. The summed E-state index contributed by atoms with van der Waals surface area (Å²) in [6.45, 7) is 5.39. The topological polar surface area (TPSA) is 171 Å². The molecule has 11 nitrogen and oxygen atoms in total. The molecule has 3 aliphatic heterocycles. The predicted molar refractivity (Wildman–Crippen MR) is 177 cm³/mol. The Kier molecular flexibility index (Phi) is 14.0. The van der Waals surface area contributed by atoms with Gasteiger partial charge in [-0.1, -0.05) is 39.0 Å². The van der Waals surface area contributed by atoms with E-state index in [9.17, 15) is 39.6 Å². The fourth-order valence-electron chi connectivity index (χ4n) is 7.79. The first-order valence-electron chi connectivity index (χ1n) is 18.2. The average Bonchev–Trinajstić information content (AvgIpc) is 3.08. The first kappa shape index (κ1) is 38.4. The molecule has 2 bridgehead atoms. The molecule has 0 aromatic heterocycles. The summed E-state index contributed by atoms with van der Waals surface area (Å²) in [5, 5.41) is 42.0. The molecule has 4 aliphatic rings. The lowest BCUT2D eigenvalue weighted by Crippen LogP contribution is -2.61. The van der Waals surface area contributed by atoms with E-state index in [0.29, 0.717) is 77.0 Å². The zero-order valence-corrected chi connectivity index (χ0v) is 28.9. The van der Waals surface area contributed by atoms with E-state index in [1.807, 2.05) is 19.1 Å². The first-order valence-corrected chi connectivity index (χ1v) is 18.2. The molecule has 0 radical (unpaired) electrons. The van der Waals surface area contributed by atoms with E-state index in [2.05, 4.69) is 0 Å². The number of hydrogen-bond acceptors (Lipinski definition) is 10. The van der Waals surface area contributed by atoms with Gasteiger partial charge in [0.15, 0.2) is 5.78 Å². The van der Waals surface area contributed by atoms with E-state index in [4.69, 9.17) is 9.47 Å². The Morgan fingerprint density at radius 1 is 0.938 bits per heavy atom. The summed E-state index contributed by atoms with van der Waals surface area (Å²) in [5.74, 6) is -6.86. The molecule has 0 spiro atoms. The number of amides is 1. The van der Waals surface area contributed by atoms with Crippen LogP contribution in [0.5, 0.6) is 0 Å². The average molecular weight is 676 g/mol. The SMILES string of the molecule is C[C@H](C[C@@H]1CC[C@@H](O)[C@H](O)C1)[C@@H]1CC[C@H](CO)/C=C/CC/C=C/C(=O)[C@H](C)[C@@H]2CC[C@@H](C)[C@@](O)(O2)C(=O)C(=O)N2CCCC[C@H]2C(=O)O1. The highest BCUT2D eigenvalue weighted by atomic mass is 16.6. The van der Waals surface area contributed by atoms with Gasteiger partial charge in [-0.25, -0.2) is 4.79 Å². The number of aliphatic hydroxyl groups is 4. The number of aliphatic hydroxyl groups excluding tert-OH is 3. The van der Waals surface area contributed by atoms with E-state index in [1.165, 1.54) is 11.0 Å². The molecule has 1 saturated carbocycles. The van der Waals surface area contributed by atoms with Crippen LogP contribution in [0.4, 0.5) is 0 Å². The minimum Gasteiger partial charge on any atom is -0.461 e. The number of rotatable bonds is 4. The van der Waals surface area contributed by atoms with Crippen LogP contribution >= 0.6 is 0 Å². The van der Waals surface area contributed by atoms with Crippen LogP contribution in [-0.4, -0.2) is 98.2 Å². The third-order valence-corrected chi connectivity index (χ3v) is 11.2. The molecule has 0 aromatic carbocycles. The van der Waals surface area contributed by atoms with Crippen molar-refractivity contribution in [3.05, 3.63) is 24.3 Å². The van der Waals surface area contributed by atoms with Gasteiger partial charge < -0.3 is 34.8 Å². The smallest absolute Gasteiger partial charge is 0.329 e.